The van der Waals surface area contributed by atoms with Gasteiger partial charge in [-0.05, 0) is 5.56 Å². The molecular weight excluding hydrogens is 320 g/mol. The van der Waals surface area contributed by atoms with Crippen LogP contribution in [0.4, 0.5) is 0 Å². The highest BCUT2D eigenvalue weighted by molar-refractivity contribution is 5.96. The Kier molecular flexibility index (Phi) is 3.83. The van der Waals surface area contributed by atoms with Gasteiger partial charge in [0.2, 0.25) is 23.0 Å². The minimum Gasteiger partial charge on any atom is -0.504 e. The maximum absolute atomic E-state index is 10.1. The van der Waals surface area contributed by atoms with Gasteiger partial charge in [0.25, 0.3) is 0 Å². The lowest BCUT2D eigenvalue weighted by Crippen LogP contribution is -1.93. The van der Waals surface area contributed by atoms with E-state index in [9.17, 15) is 40.9 Å². The van der Waals surface area contributed by atoms with Crippen LogP contribution in [0.2, 0.25) is 0 Å². The average Bonchev–Trinajstić information content (AvgIpc) is 2.57. The third-order valence-electron chi connectivity index (χ3n) is 3.53. The zero-order chi connectivity index (χ0) is 18.3. The Morgan fingerprint density at radius 3 is 1.17 bits per heavy atom. The van der Waals surface area contributed by atoms with Gasteiger partial charge in [-0.1, -0.05) is 25.3 Å². The van der Waals surface area contributed by atoms with Crippen molar-refractivity contribution in [2.45, 2.75) is 0 Å². The van der Waals surface area contributed by atoms with Crippen LogP contribution in [-0.2, 0) is 0 Å². The van der Waals surface area contributed by atoms with Crippen LogP contribution >= 0.6 is 0 Å². The lowest BCUT2D eigenvalue weighted by molar-refractivity contribution is 0.329. The molecule has 8 heteroatoms. The normalized spacial score (nSPS) is 10.5. The van der Waals surface area contributed by atoms with Crippen LogP contribution in [0.5, 0.6) is 46.0 Å². The molecule has 0 aliphatic heterocycles. The summed E-state index contributed by atoms with van der Waals surface area (Å²) in [4.78, 5) is 0. The van der Waals surface area contributed by atoms with Crippen LogP contribution < -0.4 is 0 Å². The van der Waals surface area contributed by atoms with Gasteiger partial charge in [-0.25, -0.2) is 0 Å². The van der Waals surface area contributed by atoms with Gasteiger partial charge in [0.15, 0.2) is 23.0 Å². The molecule has 0 heterocycles. The van der Waals surface area contributed by atoms with Crippen molar-refractivity contribution in [1.29, 1.82) is 0 Å². The van der Waals surface area contributed by atoms with Gasteiger partial charge in [-0.15, -0.1) is 0 Å². The van der Waals surface area contributed by atoms with Gasteiger partial charge in [-0.2, -0.15) is 0 Å². The van der Waals surface area contributed by atoms with Crippen LogP contribution in [0.1, 0.15) is 11.1 Å². The van der Waals surface area contributed by atoms with E-state index in [1.807, 2.05) is 0 Å². The number of phenols is 8. The first-order chi connectivity index (χ1) is 11.2. The van der Waals surface area contributed by atoms with Gasteiger partial charge in [-0.3, -0.25) is 0 Å². The first-order valence-electron chi connectivity index (χ1n) is 6.43. The summed E-state index contributed by atoms with van der Waals surface area (Å²) < 4.78 is 0. The van der Waals surface area contributed by atoms with Crippen molar-refractivity contribution in [2.75, 3.05) is 0 Å². The van der Waals surface area contributed by atoms with Crippen molar-refractivity contribution in [3.05, 3.63) is 24.3 Å². The SMILES string of the molecule is C=Cc1c(O)c(O)c(O)c(-c2c(O)c(O)c(O)c(O)c2O)c1C=C. The fourth-order valence-electron chi connectivity index (χ4n) is 2.34. The molecule has 2 aromatic carbocycles. The van der Waals surface area contributed by atoms with Crippen LogP contribution in [0.15, 0.2) is 13.2 Å². The van der Waals surface area contributed by atoms with Gasteiger partial charge in [0, 0.05) is 11.1 Å². The van der Waals surface area contributed by atoms with Crippen LogP contribution in [0, 0.1) is 0 Å². The van der Waals surface area contributed by atoms with Crippen molar-refractivity contribution in [3.8, 4) is 57.1 Å². The summed E-state index contributed by atoms with van der Waals surface area (Å²) >= 11 is 0. The van der Waals surface area contributed by atoms with E-state index in [4.69, 9.17) is 0 Å². The fourth-order valence-corrected chi connectivity index (χ4v) is 2.34. The van der Waals surface area contributed by atoms with Crippen molar-refractivity contribution in [2.24, 2.45) is 0 Å². The predicted molar refractivity (Wildman–Crippen MR) is 85.4 cm³/mol. The summed E-state index contributed by atoms with van der Waals surface area (Å²) in [5.74, 6) is -8.36. The molecule has 0 aliphatic rings. The number of phenolic OH excluding ortho intramolecular Hbond substituents is 8. The molecule has 2 rings (SSSR count). The van der Waals surface area contributed by atoms with Crippen molar-refractivity contribution < 1.29 is 40.9 Å². The monoisotopic (exact) mass is 334 g/mol. The molecule has 0 atom stereocenters. The molecule has 8 nitrogen and oxygen atoms in total. The molecule has 2 aromatic rings. The molecule has 0 spiro atoms. The highest BCUT2D eigenvalue weighted by atomic mass is 16.4. The smallest absolute Gasteiger partial charge is 0.208 e. The van der Waals surface area contributed by atoms with Crippen molar-refractivity contribution >= 4 is 12.2 Å². The summed E-state index contributed by atoms with van der Waals surface area (Å²) in [5.41, 5.74) is -1.33. The third-order valence-corrected chi connectivity index (χ3v) is 3.53. The second kappa shape index (κ2) is 5.51. The standard InChI is InChI=1S/C16H14O8/c1-3-5-6(4-2)9(17)13(21)10(18)7(5)8-11(19)14(22)16(24)15(23)12(8)20/h3-4,17-24H,1-2H2. The Balaban J connectivity index is 3.13. The minimum absolute atomic E-state index is 0.0760. The van der Waals surface area contributed by atoms with E-state index in [2.05, 4.69) is 13.2 Å². The number of benzene rings is 2. The lowest BCUT2D eigenvalue weighted by atomic mass is 9.91. The quantitative estimate of drug-likeness (QED) is 0.313. The van der Waals surface area contributed by atoms with Crippen LogP contribution in [-0.4, -0.2) is 40.9 Å². The summed E-state index contributed by atoms with van der Waals surface area (Å²) in [5, 5.41) is 78.6. The summed E-state index contributed by atoms with van der Waals surface area (Å²) in [6.07, 6.45) is 2.23. The number of aromatic hydroxyl groups is 8. The molecule has 24 heavy (non-hydrogen) atoms. The molecule has 0 fully saturated rings. The Bertz CT molecular complexity index is 854. The second-order valence-electron chi connectivity index (χ2n) is 4.77. The van der Waals surface area contributed by atoms with E-state index in [-0.39, 0.29) is 11.1 Å². The van der Waals surface area contributed by atoms with E-state index < -0.39 is 57.1 Å². The maximum Gasteiger partial charge on any atom is 0.208 e. The topological polar surface area (TPSA) is 162 Å². The van der Waals surface area contributed by atoms with Crippen LogP contribution in [0.25, 0.3) is 23.3 Å². The first-order valence-corrected chi connectivity index (χ1v) is 6.43. The Labute approximate surface area is 135 Å². The average molecular weight is 334 g/mol. The molecule has 0 saturated carbocycles. The Morgan fingerprint density at radius 2 is 0.750 bits per heavy atom. The second-order valence-corrected chi connectivity index (χ2v) is 4.77. The molecule has 0 unspecified atom stereocenters. The molecule has 0 aromatic heterocycles. The zero-order valence-corrected chi connectivity index (χ0v) is 12.1. The largest absolute Gasteiger partial charge is 0.504 e. The number of hydrogen-bond acceptors (Lipinski definition) is 8. The van der Waals surface area contributed by atoms with Gasteiger partial charge < -0.3 is 40.9 Å². The van der Waals surface area contributed by atoms with E-state index in [0.717, 1.165) is 12.2 Å². The van der Waals surface area contributed by atoms with E-state index in [1.54, 1.807) is 0 Å². The van der Waals surface area contributed by atoms with E-state index in [1.165, 1.54) is 0 Å². The predicted octanol–water partition coefficient (Wildman–Crippen LogP) is 2.28. The molecule has 0 saturated heterocycles. The van der Waals surface area contributed by atoms with Crippen molar-refractivity contribution in [1.82, 2.24) is 0 Å². The zero-order valence-electron chi connectivity index (χ0n) is 12.1. The summed E-state index contributed by atoms with van der Waals surface area (Å²) in [7, 11) is 0. The minimum atomic E-state index is -1.18. The van der Waals surface area contributed by atoms with Crippen LogP contribution in [0.3, 0.4) is 0 Å². The number of rotatable bonds is 3. The molecule has 0 bridgehead atoms. The summed E-state index contributed by atoms with van der Waals surface area (Å²) in [6.45, 7) is 6.91. The van der Waals surface area contributed by atoms with Gasteiger partial charge in [0.1, 0.15) is 0 Å². The summed E-state index contributed by atoms with van der Waals surface area (Å²) in [6, 6.07) is 0. The highest BCUT2D eigenvalue weighted by Crippen LogP contribution is 2.59. The third kappa shape index (κ3) is 2.01. The highest BCUT2D eigenvalue weighted by Gasteiger charge is 2.30. The molecule has 0 amide bonds. The Morgan fingerprint density at radius 1 is 0.417 bits per heavy atom. The fraction of sp³-hybridized carbons (Fsp3) is 0. The molecule has 126 valence electrons. The number of hydrogen-bond donors (Lipinski definition) is 8. The maximum atomic E-state index is 10.1. The lowest BCUT2D eigenvalue weighted by Gasteiger charge is -2.18. The van der Waals surface area contributed by atoms with E-state index >= 15 is 0 Å². The molecule has 8 N–H and O–H groups in total. The first kappa shape index (κ1) is 16.7. The van der Waals surface area contributed by atoms with Crippen molar-refractivity contribution in [3.63, 3.8) is 0 Å². The Hall–Kier alpha value is -3.68. The van der Waals surface area contributed by atoms with E-state index in [0.29, 0.717) is 0 Å². The molecule has 0 radical (unpaired) electrons. The molecule has 0 aliphatic carbocycles. The molecular formula is C16H14O8. The van der Waals surface area contributed by atoms with Gasteiger partial charge >= 0.3 is 0 Å². The van der Waals surface area contributed by atoms with Gasteiger partial charge in [0.05, 0.1) is 5.56 Å².